The molecule has 0 spiro atoms. The van der Waals surface area contributed by atoms with Crippen LogP contribution in [0.1, 0.15) is 5.69 Å². The number of halogens is 3. The van der Waals surface area contributed by atoms with Crippen molar-refractivity contribution in [1.82, 2.24) is 18.5 Å². The van der Waals surface area contributed by atoms with Crippen LogP contribution in [0.3, 0.4) is 0 Å². The molecule has 92 valence electrons. The standard InChI is InChI=1S/C10H5Cl3N4S/c11-4-5-1-2-17(14-5)10-7(13)3-6(12)8-9(10)16-18-15-8/h1-3H,4H2. The highest BCUT2D eigenvalue weighted by molar-refractivity contribution is 7.00. The Labute approximate surface area is 121 Å². The highest BCUT2D eigenvalue weighted by Gasteiger charge is 2.16. The lowest BCUT2D eigenvalue weighted by Crippen LogP contribution is -1.98. The Hall–Kier alpha value is -0.880. The number of hydrogen-bond donors (Lipinski definition) is 0. The van der Waals surface area contributed by atoms with Crippen molar-refractivity contribution in [2.75, 3.05) is 0 Å². The minimum Gasteiger partial charge on any atom is -0.237 e. The smallest absolute Gasteiger partial charge is 0.133 e. The molecule has 0 fully saturated rings. The summed E-state index contributed by atoms with van der Waals surface area (Å²) >= 11 is 19.1. The van der Waals surface area contributed by atoms with E-state index in [9.17, 15) is 0 Å². The van der Waals surface area contributed by atoms with Crippen LogP contribution in [0.25, 0.3) is 16.7 Å². The number of aromatic nitrogens is 4. The van der Waals surface area contributed by atoms with Crippen LogP contribution < -0.4 is 0 Å². The molecule has 0 radical (unpaired) electrons. The third kappa shape index (κ3) is 1.87. The summed E-state index contributed by atoms with van der Waals surface area (Å²) in [5.74, 6) is 0.344. The molecule has 8 heteroatoms. The van der Waals surface area contributed by atoms with Gasteiger partial charge in [-0.15, -0.1) is 11.6 Å². The lowest BCUT2D eigenvalue weighted by Gasteiger charge is -2.05. The van der Waals surface area contributed by atoms with Crippen molar-refractivity contribution < 1.29 is 0 Å². The van der Waals surface area contributed by atoms with E-state index in [2.05, 4.69) is 13.8 Å². The third-order valence-corrected chi connectivity index (χ3v) is 3.81. The van der Waals surface area contributed by atoms with Gasteiger partial charge in [0.25, 0.3) is 0 Å². The molecule has 0 unspecified atom stereocenters. The average Bonchev–Trinajstić information content (AvgIpc) is 2.97. The maximum atomic E-state index is 6.21. The number of rotatable bonds is 2. The molecule has 0 amide bonds. The zero-order valence-electron chi connectivity index (χ0n) is 8.77. The average molecular weight is 320 g/mol. The Bertz CT molecular complexity index is 721. The van der Waals surface area contributed by atoms with Crippen molar-refractivity contribution in [2.45, 2.75) is 5.88 Å². The molecule has 0 aliphatic rings. The van der Waals surface area contributed by atoms with Gasteiger partial charge in [0.05, 0.1) is 33.3 Å². The van der Waals surface area contributed by atoms with E-state index in [-0.39, 0.29) is 0 Å². The molecule has 0 saturated carbocycles. The van der Waals surface area contributed by atoms with Crippen LogP contribution in [0.5, 0.6) is 0 Å². The Morgan fingerprint density at radius 3 is 2.67 bits per heavy atom. The molecule has 4 nitrogen and oxygen atoms in total. The zero-order valence-corrected chi connectivity index (χ0v) is 11.9. The molecule has 18 heavy (non-hydrogen) atoms. The van der Waals surface area contributed by atoms with Crippen LogP contribution in [-0.2, 0) is 5.88 Å². The summed E-state index contributed by atoms with van der Waals surface area (Å²) in [6, 6.07) is 3.47. The molecule has 3 aromatic rings. The van der Waals surface area contributed by atoms with Crippen LogP contribution in [0.4, 0.5) is 0 Å². The van der Waals surface area contributed by atoms with E-state index in [0.717, 1.165) is 17.4 Å². The van der Waals surface area contributed by atoms with Crippen molar-refractivity contribution in [3.8, 4) is 5.69 Å². The van der Waals surface area contributed by atoms with Crippen LogP contribution in [0.15, 0.2) is 18.3 Å². The van der Waals surface area contributed by atoms with Crippen molar-refractivity contribution >= 4 is 57.6 Å². The van der Waals surface area contributed by atoms with Gasteiger partial charge >= 0.3 is 0 Å². The first kappa shape index (κ1) is 12.2. The lowest BCUT2D eigenvalue weighted by molar-refractivity contribution is 0.864. The largest absolute Gasteiger partial charge is 0.237 e. The topological polar surface area (TPSA) is 43.6 Å². The number of fused-ring (bicyclic) bond motifs is 1. The Morgan fingerprint density at radius 1 is 1.17 bits per heavy atom. The van der Waals surface area contributed by atoms with Crippen molar-refractivity contribution in [3.05, 3.63) is 34.1 Å². The molecule has 1 aromatic carbocycles. The van der Waals surface area contributed by atoms with Gasteiger partial charge in [-0.1, -0.05) is 23.2 Å². The van der Waals surface area contributed by atoms with Gasteiger partial charge in [0, 0.05) is 6.20 Å². The first-order valence-corrected chi connectivity index (χ1v) is 6.94. The maximum absolute atomic E-state index is 6.21. The molecule has 3 rings (SSSR count). The molecule has 0 N–H and O–H groups in total. The molecule has 0 saturated heterocycles. The van der Waals surface area contributed by atoms with Gasteiger partial charge in [0.1, 0.15) is 16.7 Å². The predicted octanol–water partition coefficient (Wildman–Crippen LogP) is 3.92. The van der Waals surface area contributed by atoms with Gasteiger partial charge < -0.3 is 0 Å². The molecule has 2 heterocycles. The van der Waals surface area contributed by atoms with E-state index in [1.165, 1.54) is 0 Å². The SMILES string of the molecule is ClCc1ccn(-c2c(Cl)cc(Cl)c3nsnc23)n1. The van der Waals surface area contributed by atoms with Gasteiger partial charge in [-0.3, -0.25) is 0 Å². The van der Waals surface area contributed by atoms with E-state index in [1.54, 1.807) is 16.9 Å². The maximum Gasteiger partial charge on any atom is 0.133 e. The second-order valence-electron chi connectivity index (χ2n) is 3.54. The summed E-state index contributed by atoms with van der Waals surface area (Å²) in [6.07, 6.45) is 1.78. The third-order valence-electron chi connectivity index (χ3n) is 2.43. The lowest BCUT2D eigenvalue weighted by atomic mass is 10.2. The second-order valence-corrected chi connectivity index (χ2v) is 5.15. The first-order chi connectivity index (χ1) is 8.70. The Balaban J connectivity index is 2.30. The summed E-state index contributed by atoms with van der Waals surface area (Å²) < 4.78 is 10.0. The molecule has 0 atom stereocenters. The van der Waals surface area contributed by atoms with Crippen molar-refractivity contribution in [1.29, 1.82) is 0 Å². The number of nitrogens with zero attached hydrogens (tertiary/aromatic N) is 4. The first-order valence-electron chi connectivity index (χ1n) is 4.92. The van der Waals surface area contributed by atoms with Gasteiger partial charge in [0.15, 0.2) is 0 Å². The fraction of sp³-hybridized carbons (Fsp3) is 0.100. The molecule has 2 aromatic heterocycles. The number of hydrogen-bond acceptors (Lipinski definition) is 4. The molecule has 0 aliphatic carbocycles. The van der Waals surface area contributed by atoms with E-state index in [0.29, 0.717) is 32.6 Å². The van der Waals surface area contributed by atoms with Crippen LogP contribution in [-0.4, -0.2) is 18.5 Å². The van der Waals surface area contributed by atoms with E-state index < -0.39 is 0 Å². The number of alkyl halides is 1. The van der Waals surface area contributed by atoms with Crippen molar-refractivity contribution in [3.63, 3.8) is 0 Å². The van der Waals surface area contributed by atoms with E-state index >= 15 is 0 Å². The van der Waals surface area contributed by atoms with Crippen LogP contribution in [0, 0.1) is 0 Å². The molecule has 0 bridgehead atoms. The summed E-state index contributed by atoms with van der Waals surface area (Å²) in [4.78, 5) is 0. The van der Waals surface area contributed by atoms with Crippen LogP contribution in [0.2, 0.25) is 10.0 Å². The Morgan fingerprint density at radius 2 is 1.94 bits per heavy atom. The monoisotopic (exact) mass is 318 g/mol. The van der Waals surface area contributed by atoms with Gasteiger partial charge in [-0.05, 0) is 12.1 Å². The van der Waals surface area contributed by atoms with E-state index in [4.69, 9.17) is 34.8 Å². The van der Waals surface area contributed by atoms with E-state index in [1.807, 2.05) is 6.07 Å². The highest BCUT2D eigenvalue weighted by Crippen LogP contribution is 2.33. The normalized spacial score (nSPS) is 11.3. The molecule has 0 aliphatic heterocycles. The Kier molecular flexibility index (Phi) is 3.15. The summed E-state index contributed by atoms with van der Waals surface area (Å²) in [5, 5.41) is 5.27. The number of benzene rings is 1. The quantitative estimate of drug-likeness (QED) is 0.672. The minimum absolute atomic E-state index is 0.344. The fourth-order valence-electron chi connectivity index (χ4n) is 1.64. The van der Waals surface area contributed by atoms with Crippen LogP contribution >= 0.6 is 46.5 Å². The predicted molar refractivity (Wildman–Crippen MR) is 74.1 cm³/mol. The minimum atomic E-state index is 0.344. The fourth-order valence-corrected chi connectivity index (χ4v) is 2.97. The zero-order chi connectivity index (χ0) is 12.7. The van der Waals surface area contributed by atoms with Crippen molar-refractivity contribution in [2.24, 2.45) is 0 Å². The summed E-state index contributed by atoms with van der Waals surface area (Å²) in [7, 11) is 0. The molecular formula is C10H5Cl3N4S. The summed E-state index contributed by atoms with van der Waals surface area (Å²) in [5.41, 5.74) is 2.70. The van der Waals surface area contributed by atoms with Gasteiger partial charge in [0.2, 0.25) is 0 Å². The van der Waals surface area contributed by atoms with Gasteiger partial charge in [-0.25, -0.2) is 4.68 Å². The highest BCUT2D eigenvalue weighted by atomic mass is 35.5. The van der Waals surface area contributed by atoms with Gasteiger partial charge in [-0.2, -0.15) is 13.8 Å². The second kappa shape index (κ2) is 4.66. The summed E-state index contributed by atoms with van der Waals surface area (Å²) in [6.45, 7) is 0. The molecular weight excluding hydrogens is 315 g/mol.